The minimum atomic E-state index is -0.761. The molecule has 14 aromatic rings. The Bertz CT molecular complexity index is 6230. The number of hydrogen-bond acceptors (Lipinski definition) is 6. The van der Waals surface area contributed by atoms with E-state index in [0.29, 0.717) is 16.8 Å². The number of anilines is 18. The molecule has 0 saturated heterocycles. The van der Waals surface area contributed by atoms with Crippen molar-refractivity contribution in [3.8, 4) is 0 Å². The average Bonchev–Trinajstić information content (AvgIpc) is 0.693. The molecule has 2 aliphatic rings. The number of halogens is 2. The summed E-state index contributed by atoms with van der Waals surface area (Å²) in [7, 11) is 0. The van der Waals surface area contributed by atoms with Gasteiger partial charge in [-0.3, -0.25) is 0 Å². The number of benzene rings is 14. The third-order valence-electron chi connectivity index (χ3n) is 18.1. The van der Waals surface area contributed by atoms with Gasteiger partial charge in [-0.15, -0.1) is 0 Å². The zero-order valence-electron chi connectivity index (χ0n) is 83.0. The molecule has 0 aliphatic carbocycles. The molecule has 0 spiro atoms. The Morgan fingerprint density at radius 2 is 0.587 bits per heavy atom. The van der Waals surface area contributed by atoms with E-state index in [4.69, 9.17) is 28.1 Å². The first-order valence-electron chi connectivity index (χ1n) is 45.4. The Balaban J connectivity index is 0.000000205. The van der Waals surface area contributed by atoms with Crippen molar-refractivity contribution in [3.05, 3.63) is 366 Å². The number of nitrogens with zero attached hydrogens (tertiary/aromatic N) is 6. The van der Waals surface area contributed by atoms with Crippen LogP contribution in [0.25, 0.3) is 0 Å². The van der Waals surface area contributed by atoms with Crippen LogP contribution in [-0.4, -0.2) is 11.6 Å². The summed E-state index contributed by atoms with van der Waals surface area (Å²) in [6, 6.07) is 55.9. The van der Waals surface area contributed by atoms with Crippen molar-refractivity contribution in [1.82, 2.24) is 0 Å². The second kappa shape index (κ2) is 35.2. The van der Waals surface area contributed by atoms with Crippen LogP contribution in [-0.2, 0) is 0 Å². The predicted octanol–water partition coefficient (Wildman–Crippen LogP) is 25.9. The third kappa shape index (κ3) is 17.7. The fourth-order valence-corrected chi connectivity index (χ4v) is 16.7. The van der Waals surface area contributed by atoms with Crippen LogP contribution in [0.2, 0.25) is 14.3 Å². The van der Waals surface area contributed by atoms with Crippen molar-refractivity contribution in [2.45, 2.75) is 78.5 Å². The van der Waals surface area contributed by atoms with Gasteiger partial charge in [-0.05, 0) is 31.1 Å². The van der Waals surface area contributed by atoms with E-state index in [1.807, 2.05) is 164 Å². The molecule has 6 nitrogen and oxygen atoms in total. The van der Waals surface area contributed by atoms with Crippen molar-refractivity contribution >= 4 is 166 Å². The van der Waals surface area contributed by atoms with E-state index in [0.717, 1.165) is 107 Å². The maximum absolute atomic E-state index is 9.24. The van der Waals surface area contributed by atoms with Crippen LogP contribution in [0.4, 0.5) is 102 Å². The standard InChI is InChI=1S/C46H39AtBN3.C46H41AtClN3.C5H12.CH3I/c1-31-15-21-37(22-16-31)50-42-25-17-32(2)27-40(42)48-41-28-33(3)18-26-43(41)51(38-23-19-34(47-4)20-24-38)45-30-39(29-44(50)46(45)48)49(35-11-7-5-8-12-35)36-13-9-6-10-14-36;1-33-15-23-39(24-16-33)50(40-25-17-34(2)18-26-40)44-31-43(49(37-11-7-5-8-12-37)38-13-9-6-10-14-38)32-45(46(44)48)51(41-27-19-35(3)20-28-41)42-29-21-36(47-4)22-30-42;1-5(2,3)4;1-2/h5-30,47H,1-4H3;5-32,47H,1-4H3;1-4H3;1H3/i2*5D,6D,7D,8D,9D,10D,11D,12D,13D,14D;;. The Morgan fingerprint density at radius 1 is 0.321 bits per heavy atom. The van der Waals surface area contributed by atoms with E-state index < -0.39 is 179 Å². The van der Waals surface area contributed by atoms with Crippen molar-refractivity contribution in [2.75, 3.05) is 34.3 Å². The number of aryl methyl sites for hydroxylation is 6. The second-order valence-electron chi connectivity index (χ2n) is 27.9. The van der Waals surface area contributed by atoms with Crippen molar-refractivity contribution in [1.29, 1.82) is 0 Å². The molecule has 0 fully saturated rings. The molecule has 0 saturated carbocycles. The topological polar surface area (TPSA) is 19.4 Å². The molecule has 0 aromatic heterocycles. The molecule has 548 valence electrons. The monoisotopic (exact) mass is 1970 g/mol. The normalized spacial score (nSPS) is 14.3. The van der Waals surface area contributed by atoms with Crippen molar-refractivity contribution in [2.24, 2.45) is 5.41 Å². The summed E-state index contributed by atoms with van der Waals surface area (Å²) in [5.74, 6) is 0. The van der Waals surface area contributed by atoms with Gasteiger partial charge >= 0.3 is 585 Å². The van der Waals surface area contributed by atoms with Crippen LogP contribution in [0, 0.1) is 93.4 Å². The van der Waals surface area contributed by atoms with Crippen molar-refractivity contribution in [3.63, 3.8) is 0 Å². The molecule has 11 heteroatoms. The Hall–Kier alpha value is -9.27. The van der Waals surface area contributed by atoms with Gasteiger partial charge in [0.2, 0.25) is 0 Å². The van der Waals surface area contributed by atoms with E-state index in [9.17, 15) is 11.0 Å². The molecule has 2 heterocycles. The van der Waals surface area contributed by atoms with Gasteiger partial charge in [0.15, 0.2) is 0 Å². The third-order valence-corrected chi connectivity index (χ3v) is 24.2. The molecular weight excluding hydrogens is 1850 g/mol. The Morgan fingerprint density at radius 3 is 0.899 bits per heavy atom. The van der Waals surface area contributed by atoms with E-state index in [-0.39, 0.29) is 34.5 Å². The molecule has 0 unspecified atom stereocenters. The van der Waals surface area contributed by atoms with Crippen LogP contribution in [0.15, 0.2) is 327 Å². The molecule has 2 aliphatic heterocycles. The number of alkyl halides is 1. The first kappa shape index (κ1) is 56.0. The second-order valence-corrected chi connectivity index (χ2v) is 35.1. The van der Waals surface area contributed by atoms with Gasteiger partial charge in [-0.2, -0.15) is 0 Å². The number of rotatable bonds is 16. The Labute approximate surface area is 718 Å². The maximum atomic E-state index is 9.24. The fourth-order valence-electron chi connectivity index (χ4n) is 13.2. The molecule has 109 heavy (non-hydrogen) atoms. The van der Waals surface area contributed by atoms with Gasteiger partial charge in [0, 0.05) is 0 Å². The summed E-state index contributed by atoms with van der Waals surface area (Å²) >= 11 is 8.44. The fraction of sp³-hybridized carbons (Fsp3) is 0.143. The first-order valence-corrected chi connectivity index (χ1v) is 47.5. The molecule has 0 N–H and O–H groups in total. The van der Waals surface area contributed by atoms with Crippen molar-refractivity contribution < 1.29 is 73.9 Å². The van der Waals surface area contributed by atoms with Gasteiger partial charge in [0.05, 0.1) is 16.4 Å². The van der Waals surface area contributed by atoms with Gasteiger partial charge in [-0.1, -0.05) is 91.1 Å². The smallest absolute Gasteiger partial charge is 0.0623 e. The summed E-state index contributed by atoms with van der Waals surface area (Å²) in [6.07, 6.45) is 0. The molecule has 0 atom stereocenters. The van der Waals surface area contributed by atoms with Crippen LogP contribution in [0.5, 0.6) is 0 Å². The minimum Gasteiger partial charge on any atom is 0.0623 e. The molecule has 14 aromatic carbocycles. The van der Waals surface area contributed by atoms with Crippen LogP contribution < -0.4 is 52.3 Å². The zero-order chi connectivity index (χ0) is 93.9. The minimum absolute atomic E-state index is 0.104. The van der Waals surface area contributed by atoms with E-state index in [1.54, 1.807) is 12.1 Å². The van der Waals surface area contributed by atoms with E-state index in [1.165, 1.54) is 16.3 Å². The van der Waals surface area contributed by atoms with Gasteiger partial charge in [-0.25, -0.2) is 0 Å². The van der Waals surface area contributed by atoms with Gasteiger partial charge < -0.3 is 0 Å². The summed E-state index contributed by atoms with van der Waals surface area (Å²) in [5.41, 5.74) is 17.5. The van der Waals surface area contributed by atoms with Gasteiger partial charge in [0.25, 0.3) is 0 Å². The van der Waals surface area contributed by atoms with E-state index in [2.05, 4.69) is 156 Å². The molecule has 0 radical (unpaired) electrons. The van der Waals surface area contributed by atoms with Gasteiger partial charge in [0.1, 0.15) is 0 Å². The van der Waals surface area contributed by atoms with Crippen LogP contribution in [0.3, 0.4) is 0 Å². The number of para-hydroxylation sites is 4. The van der Waals surface area contributed by atoms with E-state index >= 15 is 0 Å². The summed E-state index contributed by atoms with van der Waals surface area (Å²) in [6.45, 7) is 20.6. The predicted molar refractivity (Wildman–Crippen MR) is 478 cm³/mol. The van der Waals surface area contributed by atoms with Crippen LogP contribution >= 0.6 is 34.2 Å². The number of fused-ring (bicyclic) bond motifs is 4. The van der Waals surface area contributed by atoms with Crippen LogP contribution in [0.1, 0.15) is 88.5 Å². The molecule has 0 bridgehead atoms. The summed E-state index contributed by atoms with van der Waals surface area (Å²) in [5, 5.41) is 0.267. The first-order chi connectivity index (χ1) is 61.1. The molecular formula is C98H95At2BClIN6. The zero-order valence-corrected chi connectivity index (χ0v) is 72.2. The number of hydrogen-bond donors (Lipinski definition) is 0. The summed E-state index contributed by atoms with van der Waals surface area (Å²) < 4.78 is 184. The average molecular weight is 1970 g/mol. The summed E-state index contributed by atoms with van der Waals surface area (Å²) in [4.78, 5) is 12.7. The quantitative estimate of drug-likeness (QED) is 0.0542. The Kier molecular flexibility index (Phi) is 18.1. The SMILES string of the molecule is CC(C)(C)C.CI.[2H]c1c([2H])c([2H])c(N(c2cc(N(c3ccc(C)cc3)c3ccc(C)cc3)c(Cl)c(N(c3ccc(C)cc3)c3ccc([AtH]C)cc3)c2)c2c([2H])c([2H])c([2H])c([2H])c2[2H])c([2H])c1[2H].[2H]c1c([2H])c([2H])c(N(c2cc3c4c(c2)N(c2ccc([AtH]C)cc2)c2ccc(C)cc2B4c2cc(C)ccc2N3c2ccc(C)cc2)c2c([2H])c([2H])c([2H])c([2H])c2[2H])c([2H])c1[2H]. The molecule has 0 amide bonds. The molecule has 16 rings (SSSR count).